The van der Waals surface area contributed by atoms with Crippen LogP contribution in [-0.2, 0) is 25.5 Å². The molecule has 0 spiro atoms. The van der Waals surface area contributed by atoms with Crippen LogP contribution >= 0.6 is 0 Å². The molecule has 0 bridgehead atoms. The minimum absolute atomic E-state index is 0. The van der Waals surface area contributed by atoms with E-state index in [0.29, 0.717) is 11.3 Å². The third kappa shape index (κ3) is 10.1. The molecule has 0 aliphatic carbocycles. The first-order chi connectivity index (χ1) is 13.0. The van der Waals surface area contributed by atoms with E-state index in [9.17, 15) is 19.5 Å². The van der Waals surface area contributed by atoms with Crippen molar-refractivity contribution in [2.24, 2.45) is 11.8 Å². The lowest BCUT2D eigenvalue weighted by Crippen LogP contribution is -2.33. The number of carbonyl (C=O) groups is 3. The first-order valence-electron chi connectivity index (χ1n) is 9.79. The van der Waals surface area contributed by atoms with Crippen LogP contribution in [0.25, 0.3) is 0 Å². The summed E-state index contributed by atoms with van der Waals surface area (Å²) < 4.78 is 10.6. The summed E-state index contributed by atoms with van der Waals surface area (Å²) in [4.78, 5) is 35.7. The highest BCUT2D eigenvalue weighted by atomic mass is 16.6. The van der Waals surface area contributed by atoms with Gasteiger partial charge in [0, 0.05) is 0 Å². The second-order valence-corrected chi connectivity index (χ2v) is 8.09. The second-order valence-electron chi connectivity index (χ2n) is 8.09. The van der Waals surface area contributed by atoms with Gasteiger partial charge in [-0.2, -0.15) is 0 Å². The van der Waals surface area contributed by atoms with Crippen molar-refractivity contribution in [2.45, 2.75) is 72.3 Å². The molecular weight excluding hydrogens is 374 g/mol. The molecule has 4 N–H and O–H groups in total. The van der Waals surface area contributed by atoms with Gasteiger partial charge in [-0.15, -0.1) is 0 Å². The first-order valence-corrected chi connectivity index (χ1v) is 9.79. The molecule has 7 heteroatoms. The number of rotatable bonds is 10. The molecule has 0 saturated carbocycles. The number of carboxylic acids is 1. The maximum atomic E-state index is 12.1. The van der Waals surface area contributed by atoms with Gasteiger partial charge in [0.1, 0.15) is 11.4 Å². The van der Waals surface area contributed by atoms with Gasteiger partial charge in [-0.3, -0.25) is 14.4 Å². The molecule has 2 atom stereocenters. The molecule has 1 aromatic rings. The number of carbonyl (C=O) groups excluding carboxylic acids is 2. The Morgan fingerprint density at radius 1 is 1.03 bits per heavy atom. The fourth-order valence-electron chi connectivity index (χ4n) is 2.61. The number of ether oxygens (including phenoxy) is 2. The number of benzene rings is 1. The average Bonchev–Trinajstić information content (AvgIpc) is 2.59. The number of esters is 2. The second kappa shape index (κ2) is 12.2. The van der Waals surface area contributed by atoms with Gasteiger partial charge in [-0.05, 0) is 51.3 Å². The van der Waals surface area contributed by atoms with E-state index in [1.165, 1.54) is 0 Å². The Morgan fingerprint density at radius 3 is 2.10 bits per heavy atom. The van der Waals surface area contributed by atoms with Crippen LogP contribution in [0.3, 0.4) is 0 Å². The molecule has 0 fully saturated rings. The van der Waals surface area contributed by atoms with Crippen LogP contribution in [0.15, 0.2) is 24.3 Å². The van der Waals surface area contributed by atoms with E-state index in [-0.39, 0.29) is 24.5 Å². The van der Waals surface area contributed by atoms with Crippen molar-refractivity contribution in [3.05, 3.63) is 29.8 Å². The monoisotopic (exact) mass is 409 g/mol. The number of hydrogen-bond donors (Lipinski definition) is 2. The lowest BCUT2D eigenvalue weighted by molar-refractivity contribution is -0.166. The molecular formula is C22H35NO6. The predicted molar refractivity (Wildman–Crippen MR) is 111 cm³/mol. The molecule has 7 nitrogen and oxygen atoms in total. The van der Waals surface area contributed by atoms with Crippen LogP contribution in [0, 0.1) is 11.8 Å². The van der Waals surface area contributed by atoms with Crippen molar-refractivity contribution in [1.82, 2.24) is 6.15 Å². The molecule has 29 heavy (non-hydrogen) atoms. The number of carboxylic acid groups (broad SMARTS) is 1. The van der Waals surface area contributed by atoms with E-state index < -0.39 is 23.5 Å². The Hall–Kier alpha value is -2.41. The molecule has 0 aliphatic rings. The molecule has 0 amide bonds. The SMILES string of the molecule is CCCCCC(C)C(=O)Oc1ccc(CC(C(=O)O)C(=O)OC(C)(C)C)cc1.N. The summed E-state index contributed by atoms with van der Waals surface area (Å²) in [5.41, 5.74) is -0.106. The fourth-order valence-corrected chi connectivity index (χ4v) is 2.61. The molecule has 2 unspecified atom stereocenters. The van der Waals surface area contributed by atoms with Gasteiger partial charge in [0.2, 0.25) is 0 Å². The van der Waals surface area contributed by atoms with E-state index >= 15 is 0 Å². The predicted octanol–water partition coefficient (Wildman–Crippen LogP) is 4.56. The first kappa shape index (κ1) is 26.6. The summed E-state index contributed by atoms with van der Waals surface area (Å²) in [6.45, 7) is 9.04. The van der Waals surface area contributed by atoms with E-state index in [1.807, 2.05) is 6.92 Å². The molecule has 0 aromatic heterocycles. The number of hydrogen-bond acceptors (Lipinski definition) is 6. The highest BCUT2D eigenvalue weighted by molar-refractivity contribution is 5.94. The average molecular weight is 410 g/mol. The Balaban J connectivity index is 0.00000784. The molecule has 1 aromatic carbocycles. The van der Waals surface area contributed by atoms with Gasteiger partial charge < -0.3 is 20.7 Å². The normalized spacial score (nSPS) is 13.0. The zero-order valence-electron chi connectivity index (χ0n) is 18.2. The number of aliphatic carboxylic acids is 1. The smallest absolute Gasteiger partial charge is 0.321 e. The summed E-state index contributed by atoms with van der Waals surface area (Å²) in [6.07, 6.45) is 3.98. The van der Waals surface area contributed by atoms with Gasteiger partial charge in [0.25, 0.3) is 0 Å². The van der Waals surface area contributed by atoms with E-state index in [1.54, 1.807) is 45.0 Å². The maximum Gasteiger partial charge on any atom is 0.321 e. The Bertz CT molecular complexity index is 663. The lowest BCUT2D eigenvalue weighted by Gasteiger charge is -2.22. The van der Waals surface area contributed by atoms with E-state index in [4.69, 9.17) is 9.47 Å². The summed E-state index contributed by atoms with van der Waals surface area (Å²) in [6, 6.07) is 6.54. The van der Waals surface area contributed by atoms with Crippen LogP contribution < -0.4 is 10.9 Å². The van der Waals surface area contributed by atoms with E-state index in [0.717, 1.165) is 25.7 Å². The van der Waals surface area contributed by atoms with Gasteiger partial charge in [-0.25, -0.2) is 0 Å². The molecule has 0 heterocycles. The van der Waals surface area contributed by atoms with Crippen molar-refractivity contribution in [1.29, 1.82) is 0 Å². The number of unbranched alkanes of at least 4 members (excludes halogenated alkanes) is 2. The van der Waals surface area contributed by atoms with Crippen molar-refractivity contribution in [3.8, 4) is 5.75 Å². The third-order valence-corrected chi connectivity index (χ3v) is 4.21. The zero-order chi connectivity index (χ0) is 21.3. The third-order valence-electron chi connectivity index (χ3n) is 4.21. The Kier molecular flexibility index (Phi) is 11.2. The molecule has 0 saturated heterocycles. The Labute approximate surface area is 173 Å². The fraction of sp³-hybridized carbons (Fsp3) is 0.591. The quantitative estimate of drug-likeness (QED) is 0.251. The summed E-state index contributed by atoms with van der Waals surface area (Å²) in [5.74, 6) is -3.33. The topological polar surface area (TPSA) is 125 Å². The highest BCUT2D eigenvalue weighted by Crippen LogP contribution is 2.20. The molecule has 0 aliphatic heterocycles. The van der Waals surface area contributed by atoms with Crippen LogP contribution in [-0.4, -0.2) is 28.6 Å². The summed E-state index contributed by atoms with van der Waals surface area (Å²) in [5, 5.41) is 9.35. The molecule has 164 valence electrons. The lowest BCUT2D eigenvalue weighted by atomic mass is 9.99. The van der Waals surface area contributed by atoms with Gasteiger partial charge in [0.05, 0.1) is 5.92 Å². The van der Waals surface area contributed by atoms with Gasteiger partial charge in [0.15, 0.2) is 5.92 Å². The van der Waals surface area contributed by atoms with Crippen LogP contribution in [0.4, 0.5) is 0 Å². The molecule has 1 rings (SSSR count). The van der Waals surface area contributed by atoms with Gasteiger partial charge >= 0.3 is 17.9 Å². The highest BCUT2D eigenvalue weighted by Gasteiger charge is 2.31. The van der Waals surface area contributed by atoms with Gasteiger partial charge in [-0.1, -0.05) is 45.2 Å². The van der Waals surface area contributed by atoms with Crippen LogP contribution in [0.1, 0.15) is 65.9 Å². The Morgan fingerprint density at radius 2 is 1.62 bits per heavy atom. The maximum absolute atomic E-state index is 12.1. The summed E-state index contributed by atoms with van der Waals surface area (Å²) in [7, 11) is 0. The largest absolute Gasteiger partial charge is 0.481 e. The summed E-state index contributed by atoms with van der Waals surface area (Å²) >= 11 is 0. The zero-order valence-corrected chi connectivity index (χ0v) is 18.2. The standard InChI is InChI=1S/C22H32O6.H3N/c1-6-7-8-9-15(2)20(25)27-17-12-10-16(11-13-17)14-18(19(23)24)21(26)28-22(3,4)5;/h10-13,15,18H,6-9,14H2,1-5H3,(H,23,24);1H3. The van der Waals surface area contributed by atoms with Crippen molar-refractivity contribution in [3.63, 3.8) is 0 Å². The van der Waals surface area contributed by atoms with Crippen molar-refractivity contribution >= 4 is 17.9 Å². The van der Waals surface area contributed by atoms with Crippen LogP contribution in [0.2, 0.25) is 0 Å². The minimum atomic E-state index is -1.29. The molecule has 0 radical (unpaired) electrons. The van der Waals surface area contributed by atoms with E-state index in [2.05, 4.69) is 6.92 Å². The van der Waals surface area contributed by atoms with Crippen molar-refractivity contribution < 1.29 is 29.0 Å². The minimum Gasteiger partial charge on any atom is -0.481 e. The van der Waals surface area contributed by atoms with Crippen LogP contribution in [0.5, 0.6) is 5.75 Å². The van der Waals surface area contributed by atoms with Crippen molar-refractivity contribution in [2.75, 3.05) is 0 Å².